The van der Waals surface area contributed by atoms with Crippen molar-refractivity contribution in [1.82, 2.24) is 19.9 Å². The summed E-state index contributed by atoms with van der Waals surface area (Å²) in [4.78, 5) is 16.0. The van der Waals surface area contributed by atoms with Gasteiger partial charge in [-0.25, -0.2) is 4.98 Å². The Kier molecular flexibility index (Phi) is 7.53. The second-order valence-electron chi connectivity index (χ2n) is 7.24. The molecule has 0 radical (unpaired) electrons. The zero-order valence-electron chi connectivity index (χ0n) is 16.6. The lowest BCUT2D eigenvalue weighted by Crippen LogP contribution is -2.39. The minimum absolute atomic E-state index is 0.0225. The molecule has 0 aromatic carbocycles. The van der Waals surface area contributed by atoms with E-state index in [2.05, 4.69) is 44.3 Å². The van der Waals surface area contributed by atoms with E-state index < -0.39 is 0 Å². The predicted molar refractivity (Wildman–Crippen MR) is 110 cm³/mol. The number of hydrogen-bond donors (Lipinski definition) is 3. The van der Waals surface area contributed by atoms with Crippen molar-refractivity contribution in [3.8, 4) is 11.4 Å². The number of aliphatic hydroxyl groups is 1. The highest BCUT2D eigenvalue weighted by atomic mass is 16.5. The van der Waals surface area contributed by atoms with Gasteiger partial charge in [-0.05, 0) is 18.1 Å². The van der Waals surface area contributed by atoms with Crippen LogP contribution < -0.4 is 10.6 Å². The minimum Gasteiger partial charge on any atom is -0.394 e. The summed E-state index contributed by atoms with van der Waals surface area (Å²) < 4.78 is 5.39. The van der Waals surface area contributed by atoms with Crippen LogP contribution in [0, 0.1) is 5.92 Å². The molecule has 0 amide bonds. The smallest absolute Gasteiger partial charge is 0.225 e. The summed E-state index contributed by atoms with van der Waals surface area (Å²) in [5.41, 5.74) is 1.53. The van der Waals surface area contributed by atoms with E-state index >= 15 is 0 Å². The molecule has 0 aliphatic carbocycles. The van der Waals surface area contributed by atoms with Crippen LogP contribution in [0.3, 0.4) is 0 Å². The van der Waals surface area contributed by atoms with Crippen LogP contribution in [0.1, 0.15) is 13.8 Å². The lowest BCUT2D eigenvalue weighted by atomic mass is 10.1. The molecule has 1 atom stereocenters. The zero-order valence-corrected chi connectivity index (χ0v) is 16.6. The Labute approximate surface area is 166 Å². The molecule has 0 unspecified atom stereocenters. The van der Waals surface area contributed by atoms with Crippen molar-refractivity contribution in [2.45, 2.75) is 19.9 Å². The van der Waals surface area contributed by atoms with Crippen molar-refractivity contribution in [2.24, 2.45) is 5.92 Å². The summed E-state index contributed by atoms with van der Waals surface area (Å²) in [5, 5.41) is 16.3. The molecule has 1 fully saturated rings. The van der Waals surface area contributed by atoms with E-state index in [0.29, 0.717) is 5.95 Å². The number of hydrogen-bond acceptors (Lipinski definition) is 8. The highest BCUT2D eigenvalue weighted by Crippen LogP contribution is 2.20. The molecule has 8 nitrogen and oxygen atoms in total. The number of pyridine rings is 1. The number of rotatable bonds is 9. The summed E-state index contributed by atoms with van der Waals surface area (Å²) in [5.74, 6) is 1.49. The van der Waals surface area contributed by atoms with Crippen molar-refractivity contribution in [2.75, 3.05) is 56.6 Å². The first-order valence-corrected chi connectivity index (χ1v) is 9.87. The van der Waals surface area contributed by atoms with Crippen LogP contribution in [-0.2, 0) is 4.74 Å². The highest BCUT2D eigenvalue weighted by Gasteiger charge is 2.15. The Bertz CT molecular complexity index is 722. The summed E-state index contributed by atoms with van der Waals surface area (Å²) in [6.07, 6.45) is 1.75. The van der Waals surface area contributed by atoms with Crippen LogP contribution in [0.5, 0.6) is 0 Å². The molecule has 3 heterocycles. The standard InChI is InChI=1S/C20H30N6O2/c1-15(2)18(14-27)24-20-23-17(16-5-3-4-6-21-16)13-19(25-20)22-7-8-26-9-11-28-12-10-26/h3-6,13,15,18,27H,7-12,14H2,1-2H3,(H2,22,23,24,25)/t18-/m0/s1. The third kappa shape index (κ3) is 5.85. The van der Waals surface area contributed by atoms with Crippen LogP contribution in [0.2, 0.25) is 0 Å². The number of nitrogens with one attached hydrogen (secondary N) is 2. The maximum Gasteiger partial charge on any atom is 0.225 e. The number of aliphatic hydroxyl groups excluding tert-OH is 1. The highest BCUT2D eigenvalue weighted by molar-refractivity contribution is 5.61. The van der Waals surface area contributed by atoms with Gasteiger partial charge in [-0.2, -0.15) is 4.98 Å². The van der Waals surface area contributed by atoms with Gasteiger partial charge in [0.05, 0.1) is 37.3 Å². The average molecular weight is 387 g/mol. The van der Waals surface area contributed by atoms with E-state index in [1.807, 2.05) is 24.3 Å². The summed E-state index contributed by atoms with van der Waals surface area (Å²) in [7, 11) is 0. The molecule has 0 bridgehead atoms. The van der Waals surface area contributed by atoms with E-state index in [4.69, 9.17) is 4.74 Å². The van der Waals surface area contributed by atoms with Crippen molar-refractivity contribution >= 4 is 11.8 Å². The van der Waals surface area contributed by atoms with Crippen molar-refractivity contribution < 1.29 is 9.84 Å². The van der Waals surface area contributed by atoms with E-state index in [9.17, 15) is 5.11 Å². The van der Waals surface area contributed by atoms with E-state index in [1.165, 1.54) is 0 Å². The predicted octanol–water partition coefficient (Wildman–Crippen LogP) is 1.71. The van der Waals surface area contributed by atoms with Gasteiger partial charge in [0.25, 0.3) is 0 Å². The largest absolute Gasteiger partial charge is 0.394 e. The quantitative estimate of drug-likeness (QED) is 0.600. The molecular weight excluding hydrogens is 356 g/mol. The maximum atomic E-state index is 9.64. The third-order valence-corrected chi connectivity index (χ3v) is 4.81. The monoisotopic (exact) mass is 386 g/mol. The number of nitrogens with zero attached hydrogens (tertiary/aromatic N) is 4. The first-order valence-electron chi connectivity index (χ1n) is 9.87. The van der Waals surface area contributed by atoms with Gasteiger partial charge in [0.2, 0.25) is 5.95 Å². The molecule has 3 N–H and O–H groups in total. The van der Waals surface area contributed by atoms with Crippen LogP contribution in [0.15, 0.2) is 30.5 Å². The van der Waals surface area contributed by atoms with Gasteiger partial charge in [-0.3, -0.25) is 9.88 Å². The van der Waals surface area contributed by atoms with E-state index in [1.54, 1.807) is 6.20 Å². The molecule has 8 heteroatoms. The molecule has 152 valence electrons. The van der Waals surface area contributed by atoms with Gasteiger partial charge < -0.3 is 20.5 Å². The lowest BCUT2D eigenvalue weighted by Gasteiger charge is -2.26. The normalized spacial score (nSPS) is 16.1. The summed E-state index contributed by atoms with van der Waals surface area (Å²) in [6.45, 7) is 9.36. The molecule has 28 heavy (non-hydrogen) atoms. The number of anilines is 2. The second-order valence-corrected chi connectivity index (χ2v) is 7.24. The first-order chi connectivity index (χ1) is 13.7. The first kappa shape index (κ1) is 20.4. The molecule has 1 aliphatic heterocycles. The lowest BCUT2D eigenvalue weighted by molar-refractivity contribution is 0.0398. The van der Waals surface area contributed by atoms with Crippen molar-refractivity contribution in [3.63, 3.8) is 0 Å². The summed E-state index contributed by atoms with van der Waals surface area (Å²) in [6, 6.07) is 7.55. The van der Waals surface area contributed by atoms with Gasteiger partial charge >= 0.3 is 0 Å². The molecule has 1 aliphatic rings. The van der Waals surface area contributed by atoms with Crippen molar-refractivity contribution in [1.29, 1.82) is 0 Å². The Hall–Kier alpha value is -2.29. The van der Waals surface area contributed by atoms with Crippen molar-refractivity contribution in [3.05, 3.63) is 30.5 Å². The maximum absolute atomic E-state index is 9.64. The molecule has 0 saturated carbocycles. The fourth-order valence-electron chi connectivity index (χ4n) is 3.00. The van der Waals surface area contributed by atoms with Gasteiger partial charge in [0.1, 0.15) is 5.82 Å². The molecule has 2 aromatic rings. The van der Waals surface area contributed by atoms with E-state index in [0.717, 1.165) is 56.6 Å². The zero-order chi connectivity index (χ0) is 19.8. The molecule has 0 spiro atoms. The molecule has 2 aromatic heterocycles. The number of morpholine rings is 1. The van der Waals surface area contributed by atoms with Crippen LogP contribution in [0.4, 0.5) is 11.8 Å². The number of ether oxygens (including phenoxy) is 1. The third-order valence-electron chi connectivity index (χ3n) is 4.81. The summed E-state index contributed by atoms with van der Waals surface area (Å²) >= 11 is 0. The number of aromatic nitrogens is 3. The average Bonchev–Trinajstić information content (AvgIpc) is 2.73. The topological polar surface area (TPSA) is 95.4 Å². The Balaban J connectivity index is 1.74. The van der Waals surface area contributed by atoms with Gasteiger partial charge in [-0.1, -0.05) is 19.9 Å². The molecule has 1 saturated heterocycles. The van der Waals surface area contributed by atoms with Gasteiger partial charge in [0.15, 0.2) is 0 Å². The molecule has 3 rings (SSSR count). The fraction of sp³-hybridized carbons (Fsp3) is 0.550. The second kappa shape index (κ2) is 10.3. The van der Waals surface area contributed by atoms with Gasteiger partial charge in [0, 0.05) is 38.4 Å². The Morgan fingerprint density at radius 3 is 2.68 bits per heavy atom. The Morgan fingerprint density at radius 2 is 2.00 bits per heavy atom. The van der Waals surface area contributed by atoms with Gasteiger partial charge in [-0.15, -0.1) is 0 Å². The van der Waals surface area contributed by atoms with Crippen LogP contribution in [-0.4, -0.2) is 77.0 Å². The van der Waals surface area contributed by atoms with Crippen LogP contribution in [0.25, 0.3) is 11.4 Å². The van der Waals surface area contributed by atoms with E-state index in [-0.39, 0.29) is 18.6 Å². The minimum atomic E-state index is -0.111. The van der Waals surface area contributed by atoms with Crippen LogP contribution >= 0.6 is 0 Å². The Morgan fingerprint density at radius 1 is 1.18 bits per heavy atom. The SMILES string of the molecule is CC(C)[C@H](CO)Nc1nc(NCCN2CCOCC2)cc(-c2ccccn2)n1. The fourth-order valence-corrected chi connectivity index (χ4v) is 3.00. The molecular formula is C20H30N6O2.